The van der Waals surface area contributed by atoms with Crippen molar-refractivity contribution in [1.82, 2.24) is 0 Å². The zero-order chi connectivity index (χ0) is 8.74. The molecular formula is C10H19N. The van der Waals surface area contributed by atoms with Crippen LogP contribution < -0.4 is 0 Å². The van der Waals surface area contributed by atoms with Gasteiger partial charge in [-0.3, -0.25) is 4.99 Å². The van der Waals surface area contributed by atoms with Crippen LogP contribution in [0.25, 0.3) is 0 Å². The van der Waals surface area contributed by atoms with Crippen molar-refractivity contribution in [2.24, 2.45) is 4.99 Å². The fraction of sp³-hybridized carbons (Fsp3) is 0.700. The third kappa shape index (κ3) is 9.41. The van der Waals surface area contributed by atoms with Crippen molar-refractivity contribution in [3.8, 4) is 0 Å². The number of nitrogens with zero attached hydrogens (tertiary/aromatic N) is 1. The fourth-order valence-electron chi connectivity index (χ4n) is 0.650. The van der Waals surface area contributed by atoms with Crippen molar-refractivity contribution in [1.29, 1.82) is 0 Å². The highest BCUT2D eigenvalue weighted by Crippen LogP contribution is 2.04. The van der Waals surface area contributed by atoms with Crippen LogP contribution in [0.1, 0.15) is 40.5 Å². The number of rotatable bonds is 3. The Hall–Kier alpha value is -0.590. The van der Waals surface area contributed by atoms with Crippen molar-refractivity contribution in [2.75, 3.05) is 0 Å². The summed E-state index contributed by atoms with van der Waals surface area (Å²) in [4.78, 5) is 4.35. The van der Waals surface area contributed by atoms with Crippen molar-refractivity contribution < 1.29 is 0 Å². The van der Waals surface area contributed by atoms with Crippen molar-refractivity contribution in [3.05, 3.63) is 12.2 Å². The van der Waals surface area contributed by atoms with Crippen LogP contribution in [0.3, 0.4) is 0 Å². The van der Waals surface area contributed by atoms with E-state index < -0.39 is 0 Å². The average Bonchev–Trinajstić information content (AvgIpc) is 1.85. The summed E-state index contributed by atoms with van der Waals surface area (Å²) in [6, 6.07) is 0. The van der Waals surface area contributed by atoms with Gasteiger partial charge in [0.25, 0.3) is 0 Å². The monoisotopic (exact) mass is 153 g/mol. The SMILES string of the molecule is CC/C=C/C/C=N\C(C)(C)C. The van der Waals surface area contributed by atoms with Gasteiger partial charge >= 0.3 is 0 Å². The minimum atomic E-state index is 0.0834. The summed E-state index contributed by atoms with van der Waals surface area (Å²) in [6.45, 7) is 8.45. The van der Waals surface area contributed by atoms with Crippen molar-refractivity contribution in [2.45, 2.75) is 46.1 Å². The summed E-state index contributed by atoms with van der Waals surface area (Å²) in [6.07, 6.45) is 8.37. The molecule has 0 aliphatic heterocycles. The van der Waals surface area contributed by atoms with Crippen LogP contribution in [-0.4, -0.2) is 11.8 Å². The van der Waals surface area contributed by atoms with Gasteiger partial charge in [0.1, 0.15) is 0 Å². The summed E-state index contributed by atoms with van der Waals surface area (Å²) >= 11 is 0. The first kappa shape index (κ1) is 10.4. The predicted octanol–water partition coefficient (Wildman–Crippen LogP) is 3.21. The first-order valence-corrected chi connectivity index (χ1v) is 4.25. The van der Waals surface area contributed by atoms with Gasteiger partial charge in [-0.15, -0.1) is 0 Å². The summed E-state index contributed by atoms with van der Waals surface area (Å²) in [5.74, 6) is 0. The topological polar surface area (TPSA) is 12.4 Å². The maximum atomic E-state index is 4.35. The molecule has 0 N–H and O–H groups in total. The van der Waals surface area contributed by atoms with Gasteiger partial charge in [-0.1, -0.05) is 19.1 Å². The Kier molecular flexibility index (Phi) is 4.84. The second kappa shape index (κ2) is 5.11. The van der Waals surface area contributed by atoms with Gasteiger partial charge in [-0.2, -0.15) is 0 Å². The molecule has 0 atom stereocenters. The lowest BCUT2D eigenvalue weighted by Crippen LogP contribution is -2.09. The number of hydrogen-bond donors (Lipinski definition) is 0. The van der Waals surface area contributed by atoms with E-state index in [4.69, 9.17) is 0 Å². The zero-order valence-corrected chi connectivity index (χ0v) is 8.09. The largest absolute Gasteiger partial charge is 0.291 e. The Morgan fingerprint density at radius 1 is 1.18 bits per heavy atom. The lowest BCUT2D eigenvalue weighted by Gasteiger charge is -2.09. The zero-order valence-electron chi connectivity index (χ0n) is 8.09. The number of aliphatic imine (C=N–C) groups is 1. The molecule has 0 aromatic heterocycles. The summed E-state index contributed by atoms with van der Waals surface area (Å²) < 4.78 is 0. The lowest BCUT2D eigenvalue weighted by atomic mass is 10.1. The molecule has 0 radical (unpaired) electrons. The van der Waals surface area contributed by atoms with E-state index >= 15 is 0 Å². The van der Waals surface area contributed by atoms with Crippen molar-refractivity contribution in [3.63, 3.8) is 0 Å². The molecular weight excluding hydrogens is 134 g/mol. The van der Waals surface area contributed by atoms with Gasteiger partial charge in [0.05, 0.1) is 5.54 Å². The van der Waals surface area contributed by atoms with Crippen LogP contribution in [0, 0.1) is 0 Å². The Morgan fingerprint density at radius 3 is 2.27 bits per heavy atom. The van der Waals surface area contributed by atoms with Crippen LogP contribution >= 0.6 is 0 Å². The smallest absolute Gasteiger partial charge is 0.0520 e. The van der Waals surface area contributed by atoms with Gasteiger partial charge in [-0.05, 0) is 27.2 Å². The molecule has 11 heavy (non-hydrogen) atoms. The molecule has 0 aromatic carbocycles. The molecule has 0 unspecified atom stereocenters. The van der Waals surface area contributed by atoms with E-state index in [9.17, 15) is 0 Å². The third-order valence-electron chi connectivity index (χ3n) is 1.12. The van der Waals surface area contributed by atoms with E-state index in [-0.39, 0.29) is 5.54 Å². The lowest BCUT2D eigenvalue weighted by molar-refractivity contribution is 0.585. The maximum absolute atomic E-state index is 4.35. The normalized spacial score (nSPS) is 13.5. The Morgan fingerprint density at radius 2 is 1.82 bits per heavy atom. The molecule has 0 saturated carbocycles. The highest BCUT2D eigenvalue weighted by atomic mass is 14.8. The van der Waals surface area contributed by atoms with E-state index in [1.807, 2.05) is 6.21 Å². The summed E-state index contributed by atoms with van der Waals surface area (Å²) in [5.41, 5.74) is 0.0834. The first-order chi connectivity index (χ1) is 5.06. The molecule has 64 valence electrons. The second-order valence-electron chi connectivity index (χ2n) is 3.60. The maximum Gasteiger partial charge on any atom is 0.0520 e. The van der Waals surface area contributed by atoms with E-state index in [1.54, 1.807) is 0 Å². The van der Waals surface area contributed by atoms with E-state index in [2.05, 4.69) is 44.8 Å². The first-order valence-electron chi connectivity index (χ1n) is 4.25. The molecule has 0 saturated heterocycles. The molecule has 0 bridgehead atoms. The van der Waals surface area contributed by atoms with Gasteiger partial charge in [0, 0.05) is 12.6 Å². The molecule has 0 aromatic rings. The van der Waals surface area contributed by atoms with Gasteiger partial charge in [-0.25, -0.2) is 0 Å². The molecule has 0 aliphatic rings. The molecule has 0 fully saturated rings. The predicted molar refractivity (Wildman–Crippen MR) is 52.3 cm³/mol. The Bertz CT molecular complexity index is 137. The van der Waals surface area contributed by atoms with Crippen LogP contribution in [0.5, 0.6) is 0 Å². The standard InChI is InChI=1S/C10H19N/c1-5-6-7-8-9-11-10(2,3)4/h6-7,9H,5,8H2,1-4H3/b7-6+,11-9-. The summed E-state index contributed by atoms with van der Waals surface area (Å²) in [7, 11) is 0. The molecule has 0 heterocycles. The molecule has 0 spiro atoms. The molecule has 1 nitrogen and oxygen atoms in total. The van der Waals surface area contributed by atoms with E-state index in [0.717, 1.165) is 12.8 Å². The van der Waals surface area contributed by atoms with Gasteiger partial charge < -0.3 is 0 Å². The number of hydrogen-bond acceptors (Lipinski definition) is 1. The second-order valence-corrected chi connectivity index (χ2v) is 3.60. The Labute approximate surface area is 70.2 Å². The summed E-state index contributed by atoms with van der Waals surface area (Å²) in [5, 5.41) is 0. The minimum absolute atomic E-state index is 0.0834. The number of allylic oxidation sites excluding steroid dienone is 2. The van der Waals surface area contributed by atoms with Crippen LogP contribution in [0.4, 0.5) is 0 Å². The fourth-order valence-corrected chi connectivity index (χ4v) is 0.650. The Balaban J connectivity index is 3.53. The van der Waals surface area contributed by atoms with Crippen LogP contribution in [0.15, 0.2) is 17.1 Å². The molecule has 0 amide bonds. The quantitative estimate of drug-likeness (QED) is 0.436. The van der Waals surface area contributed by atoms with Gasteiger partial charge in [0.2, 0.25) is 0 Å². The van der Waals surface area contributed by atoms with E-state index in [0.29, 0.717) is 0 Å². The van der Waals surface area contributed by atoms with Gasteiger partial charge in [0.15, 0.2) is 0 Å². The third-order valence-corrected chi connectivity index (χ3v) is 1.12. The molecule has 1 heteroatoms. The molecule has 0 aliphatic carbocycles. The highest BCUT2D eigenvalue weighted by Gasteiger charge is 2.03. The average molecular weight is 153 g/mol. The molecule has 0 rings (SSSR count). The highest BCUT2D eigenvalue weighted by molar-refractivity contribution is 5.59. The minimum Gasteiger partial charge on any atom is -0.291 e. The van der Waals surface area contributed by atoms with Crippen molar-refractivity contribution >= 4 is 6.21 Å². The van der Waals surface area contributed by atoms with Crippen LogP contribution in [-0.2, 0) is 0 Å². The van der Waals surface area contributed by atoms with Crippen LogP contribution in [0.2, 0.25) is 0 Å². The van der Waals surface area contributed by atoms with E-state index in [1.165, 1.54) is 0 Å².